The van der Waals surface area contributed by atoms with E-state index in [0.717, 1.165) is 16.5 Å². The van der Waals surface area contributed by atoms with Gasteiger partial charge in [0.05, 0.1) is 17.8 Å². The maximum atomic E-state index is 12.8. The molecule has 3 rings (SSSR count). The Balaban J connectivity index is 2.05. The van der Waals surface area contributed by atoms with Gasteiger partial charge in [0.15, 0.2) is 0 Å². The number of carbonyl (C=O) groups is 1. The normalized spacial score (nSPS) is 11.7. The first-order valence-corrected chi connectivity index (χ1v) is 10.6. The average molecular weight is 393 g/mol. The van der Waals surface area contributed by atoms with Crippen LogP contribution in [0.5, 0.6) is 0 Å². The average Bonchev–Trinajstić information content (AvgIpc) is 3.25. The summed E-state index contributed by atoms with van der Waals surface area (Å²) in [4.78, 5) is 15.0. The number of fused-ring (bicyclic) bond motifs is 1. The molecule has 26 heavy (non-hydrogen) atoms. The lowest BCUT2D eigenvalue weighted by atomic mass is 10.1. The fourth-order valence-electron chi connectivity index (χ4n) is 2.77. The second kappa shape index (κ2) is 7.13. The Hall–Kier alpha value is -2.32. The summed E-state index contributed by atoms with van der Waals surface area (Å²) in [5.74, 6) is -0.469. The maximum Gasteiger partial charge on any atom is 0.354 e. The number of aromatic amines is 1. The molecule has 0 aliphatic heterocycles. The number of rotatable bonds is 6. The third-order valence-corrected chi connectivity index (χ3v) is 7.02. The van der Waals surface area contributed by atoms with Crippen molar-refractivity contribution in [2.45, 2.75) is 31.4 Å². The van der Waals surface area contributed by atoms with Crippen LogP contribution in [0.1, 0.15) is 35.5 Å². The van der Waals surface area contributed by atoms with Crippen molar-refractivity contribution < 1.29 is 17.9 Å². The number of anilines is 1. The van der Waals surface area contributed by atoms with Gasteiger partial charge in [-0.25, -0.2) is 13.2 Å². The molecule has 0 atom stereocenters. The Labute approximate surface area is 156 Å². The molecule has 0 unspecified atom stereocenters. The van der Waals surface area contributed by atoms with Gasteiger partial charge >= 0.3 is 5.97 Å². The largest absolute Gasteiger partial charge is 0.461 e. The molecule has 1 aromatic carbocycles. The van der Waals surface area contributed by atoms with Crippen molar-refractivity contribution in [3.05, 3.63) is 46.5 Å². The van der Waals surface area contributed by atoms with Crippen LogP contribution in [0, 0.1) is 6.92 Å². The quantitative estimate of drug-likeness (QED) is 0.619. The minimum absolute atomic E-state index is 0.269. The zero-order valence-electron chi connectivity index (χ0n) is 14.8. The van der Waals surface area contributed by atoms with Gasteiger partial charge in [0.1, 0.15) is 9.90 Å². The predicted octanol–water partition coefficient (Wildman–Crippen LogP) is 4.08. The van der Waals surface area contributed by atoms with Crippen molar-refractivity contribution in [2.75, 3.05) is 11.3 Å². The summed E-state index contributed by atoms with van der Waals surface area (Å²) < 4.78 is 33.6. The molecule has 0 spiro atoms. The van der Waals surface area contributed by atoms with Gasteiger partial charge in [0, 0.05) is 5.39 Å². The highest BCUT2D eigenvalue weighted by atomic mass is 32.2. The van der Waals surface area contributed by atoms with Crippen molar-refractivity contribution in [3.63, 3.8) is 0 Å². The molecule has 0 aliphatic carbocycles. The minimum Gasteiger partial charge on any atom is -0.461 e. The van der Waals surface area contributed by atoms with Crippen LogP contribution in [0.3, 0.4) is 0 Å². The molecule has 138 valence electrons. The lowest BCUT2D eigenvalue weighted by Gasteiger charge is -2.10. The summed E-state index contributed by atoms with van der Waals surface area (Å²) in [7, 11) is -3.71. The minimum atomic E-state index is -3.71. The van der Waals surface area contributed by atoms with Gasteiger partial charge in [-0.1, -0.05) is 13.0 Å². The lowest BCUT2D eigenvalue weighted by molar-refractivity contribution is 0.0520. The number of hydrogen-bond donors (Lipinski definition) is 2. The highest BCUT2D eigenvalue weighted by Gasteiger charge is 2.22. The number of aromatic nitrogens is 1. The molecule has 6 nitrogen and oxygen atoms in total. The number of hydrogen-bond acceptors (Lipinski definition) is 5. The number of carbonyl (C=O) groups excluding carboxylic acids is 1. The number of ether oxygens (including phenoxy) is 1. The predicted molar refractivity (Wildman–Crippen MR) is 103 cm³/mol. The summed E-state index contributed by atoms with van der Waals surface area (Å²) in [6, 6.07) is 7.01. The Morgan fingerprint density at radius 2 is 2.04 bits per heavy atom. The van der Waals surface area contributed by atoms with Crippen LogP contribution in [0.15, 0.2) is 33.9 Å². The third-order valence-electron chi connectivity index (χ3n) is 4.08. The van der Waals surface area contributed by atoms with Gasteiger partial charge in [-0.2, -0.15) is 0 Å². The number of thiophene rings is 1. The highest BCUT2D eigenvalue weighted by Crippen LogP contribution is 2.31. The molecule has 0 saturated heterocycles. The molecule has 0 amide bonds. The molecule has 2 heterocycles. The van der Waals surface area contributed by atoms with Gasteiger partial charge in [-0.05, 0) is 55.0 Å². The van der Waals surface area contributed by atoms with Crippen LogP contribution < -0.4 is 4.72 Å². The zero-order valence-corrected chi connectivity index (χ0v) is 16.4. The van der Waals surface area contributed by atoms with Crippen molar-refractivity contribution >= 4 is 43.9 Å². The second-order valence-electron chi connectivity index (χ2n) is 5.81. The Morgan fingerprint density at radius 1 is 1.27 bits per heavy atom. The van der Waals surface area contributed by atoms with E-state index < -0.39 is 16.0 Å². The molecule has 0 radical (unpaired) electrons. The van der Waals surface area contributed by atoms with E-state index in [0.29, 0.717) is 27.5 Å². The van der Waals surface area contributed by atoms with Crippen LogP contribution in [0.25, 0.3) is 10.9 Å². The molecule has 2 N–H and O–H groups in total. The van der Waals surface area contributed by atoms with E-state index in [2.05, 4.69) is 9.71 Å². The number of aryl methyl sites for hydroxylation is 2. The lowest BCUT2D eigenvalue weighted by Crippen LogP contribution is -2.13. The number of esters is 1. The van der Waals surface area contributed by atoms with Crippen molar-refractivity contribution in [1.29, 1.82) is 0 Å². The fourth-order valence-corrected chi connectivity index (χ4v) is 5.40. The van der Waals surface area contributed by atoms with Crippen molar-refractivity contribution in [3.8, 4) is 0 Å². The van der Waals surface area contributed by atoms with Gasteiger partial charge < -0.3 is 9.72 Å². The van der Waals surface area contributed by atoms with Crippen molar-refractivity contribution in [1.82, 2.24) is 4.98 Å². The molecule has 0 saturated carbocycles. The molecule has 2 aromatic heterocycles. The number of sulfonamides is 1. The summed E-state index contributed by atoms with van der Waals surface area (Å²) in [6.07, 6.45) is 0.637. The van der Waals surface area contributed by atoms with E-state index in [1.54, 1.807) is 24.4 Å². The van der Waals surface area contributed by atoms with E-state index in [9.17, 15) is 13.2 Å². The van der Waals surface area contributed by atoms with Crippen LogP contribution >= 0.6 is 11.3 Å². The van der Waals surface area contributed by atoms with E-state index in [-0.39, 0.29) is 6.61 Å². The molecule has 0 aliphatic rings. The van der Waals surface area contributed by atoms with Crippen molar-refractivity contribution in [2.24, 2.45) is 0 Å². The Morgan fingerprint density at radius 3 is 2.73 bits per heavy atom. The Bertz CT molecular complexity index is 1060. The van der Waals surface area contributed by atoms with Gasteiger partial charge in [0.25, 0.3) is 10.0 Å². The van der Waals surface area contributed by atoms with Crippen LogP contribution in [-0.2, 0) is 21.2 Å². The summed E-state index contributed by atoms with van der Waals surface area (Å²) in [5, 5.41) is 2.54. The third kappa shape index (κ3) is 3.34. The topological polar surface area (TPSA) is 88.3 Å². The zero-order chi connectivity index (χ0) is 18.9. The van der Waals surface area contributed by atoms with Gasteiger partial charge in [-0.3, -0.25) is 4.72 Å². The first kappa shape index (κ1) is 18.5. The van der Waals surface area contributed by atoms with E-state index >= 15 is 0 Å². The van der Waals surface area contributed by atoms with E-state index in [4.69, 9.17) is 4.74 Å². The number of nitrogens with one attached hydrogen (secondary N) is 2. The second-order valence-corrected chi connectivity index (χ2v) is 8.61. The first-order chi connectivity index (χ1) is 12.4. The summed E-state index contributed by atoms with van der Waals surface area (Å²) in [5.41, 5.74) is 2.97. The molecule has 0 fully saturated rings. The van der Waals surface area contributed by atoms with Gasteiger partial charge in [-0.15, -0.1) is 11.3 Å². The molecular formula is C18H20N2O4S2. The molecule has 0 bridgehead atoms. The highest BCUT2D eigenvalue weighted by molar-refractivity contribution is 7.94. The number of H-pyrrole nitrogens is 1. The van der Waals surface area contributed by atoms with Crippen LogP contribution in [0.2, 0.25) is 0 Å². The SMILES string of the molecule is CCOC(=O)c1cc2c(C)ccc(NS(=O)(=O)c3sccc3CC)c2[nH]1. The smallest absolute Gasteiger partial charge is 0.354 e. The van der Waals surface area contributed by atoms with E-state index in [1.165, 1.54) is 11.3 Å². The molecular weight excluding hydrogens is 372 g/mol. The van der Waals surface area contributed by atoms with E-state index in [1.807, 2.05) is 26.0 Å². The fraction of sp³-hybridized carbons (Fsp3) is 0.278. The molecule has 3 aromatic rings. The maximum absolute atomic E-state index is 12.8. The summed E-state index contributed by atoms with van der Waals surface area (Å²) >= 11 is 1.19. The van der Waals surface area contributed by atoms with Crippen LogP contribution in [0.4, 0.5) is 5.69 Å². The monoisotopic (exact) mass is 392 g/mol. The van der Waals surface area contributed by atoms with Crippen LogP contribution in [-0.4, -0.2) is 26.0 Å². The number of benzene rings is 1. The Kier molecular flexibility index (Phi) is 5.06. The molecule has 8 heteroatoms. The standard InChI is InChI=1S/C18H20N2O4S2/c1-4-12-8-9-25-18(12)26(22,23)20-14-7-6-11(3)13-10-15(19-16(13)14)17(21)24-5-2/h6-10,19-20H,4-5H2,1-3H3. The first-order valence-electron chi connectivity index (χ1n) is 8.26. The van der Waals surface area contributed by atoms with Gasteiger partial charge in [0.2, 0.25) is 0 Å². The summed E-state index contributed by atoms with van der Waals surface area (Å²) in [6.45, 7) is 5.82.